The average molecular weight is 220 g/mol. The van der Waals surface area contributed by atoms with Crippen molar-refractivity contribution in [2.75, 3.05) is 37.7 Å². The van der Waals surface area contributed by atoms with Gasteiger partial charge in [-0.1, -0.05) is 5.16 Å². The molecule has 1 aliphatic rings. The third-order valence-corrected chi connectivity index (χ3v) is 3.72. The van der Waals surface area contributed by atoms with Crippen LogP contribution in [0.15, 0.2) is 5.16 Å². The minimum absolute atomic E-state index is 0.268. The summed E-state index contributed by atoms with van der Waals surface area (Å²) in [7, 11) is -2.76. The summed E-state index contributed by atoms with van der Waals surface area (Å²) < 4.78 is 22.2. The summed E-state index contributed by atoms with van der Waals surface area (Å²) in [5, 5.41) is 3.61. The second-order valence-electron chi connectivity index (χ2n) is 3.19. The first-order chi connectivity index (χ1) is 6.64. The Balaban J connectivity index is 2.16. The summed E-state index contributed by atoms with van der Waals surface area (Å²) in [4.78, 5) is 6.99. The van der Waals surface area contributed by atoms with Crippen LogP contribution in [0.4, 0.5) is 0 Å². The lowest BCUT2D eigenvalue weighted by molar-refractivity contribution is 0.114. The molecule has 0 spiro atoms. The topological polar surface area (TPSA) is 59.0 Å². The summed E-state index contributed by atoms with van der Waals surface area (Å²) in [6, 6.07) is 0. The van der Waals surface area contributed by atoms with Crippen molar-refractivity contribution >= 4 is 16.1 Å². The molecule has 1 fully saturated rings. The van der Waals surface area contributed by atoms with Gasteiger partial charge in [-0.05, 0) is 6.92 Å². The third kappa shape index (κ3) is 4.06. The van der Waals surface area contributed by atoms with Crippen LogP contribution in [0.1, 0.15) is 6.92 Å². The van der Waals surface area contributed by atoms with Crippen LogP contribution in [0.2, 0.25) is 0 Å². The van der Waals surface area contributed by atoms with E-state index in [2.05, 4.69) is 10.1 Å². The van der Waals surface area contributed by atoms with Gasteiger partial charge >= 0.3 is 0 Å². The molecule has 1 saturated heterocycles. The fraction of sp³-hybridized carbons (Fsp3) is 0.875. The molecule has 0 bridgehead atoms. The van der Waals surface area contributed by atoms with Crippen molar-refractivity contribution in [1.29, 1.82) is 0 Å². The monoisotopic (exact) mass is 220 g/mol. The second-order valence-corrected chi connectivity index (χ2v) is 5.49. The molecular formula is C8H16N2O3S. The number of hydrogen-bond donors (Lipinski definition) is 0. The first kappa shape index (κ1) is 11.5. The molecule has 0 amide bonds. The Morgan fingerprint density at radius 2 is 2.07 bits per heavy atom. The molecule has 0 atom stereocenters. The van der Waals surface area contributed by atoms with Gasteiger partial charge in [0.1, 0.15) is 6.61 Å². The van der Waals surface area contributed by atoms with Crippen LogP contribution in [0.5, 0.6) is 0 Å². The Morgan fingerprint density at radius 1 is 1.43 bits per heavy atom. The molecular weight excluding hydrogens is 204 g/mol. The van der Waals surface area contributed by atoms with Gasteiger partial charge in [-0.15, -0.1) is 0 Å². The van der Waals surface area contributed by atoms with Crippen LogP contribution in [0.3, 0.4) is 0 Å². The van der Waals surface area contributed by atoms with Gasteiger partial charge in [-0.3, -0.25) is 4.90 Å². The van der Waals surface area contributed by atoms with E-state index >= 15 is 0 Å². The number of rotatable bonds is 4. The van der Waals surface area contributed by atoms with E-state index in [4.69, 9.17) is 4.84 Å². The molecule has 14 heavy (non-hydrogen) atoms. The normalized spacial score (nSPS) is 22.6. The van der Waals surface area contributed by atoms with E-state index in [-0.39, 0.29) is 11.5 Å². The first-order valence-corrected chi connectivity index (χ1v) is 6.49. The van der Waals surface area contributed by atoms with Crippen molar-refractivity contribution in [1.82, 2.24) is 4.90 Å². The van der Waals surface area contributed by atoms with E-state index in [1.807, 2.05) is 0 Å². The molecule has 0 aromatic carbocycles. The van der Waals surface area contributed by atoms with Crippen LogP contribution < -0.4 is 0 Å². The van der Waals surface area contributed by atoms with Crippen molar-refractivity contribution in [2.24, 2.45) is 5.16 Å². The second kappa shape index (κ2) is 5.31. The number of sulfone groups is 1. The molecule has 0 aromatic heterocycles. The maximum absolute atomic E-state index is 11.1. The van der Waals surface area contributed by atoms with Crippen LogP contribution in [0.25, 0.3) is 0 Å². The van der Waals surface area contributed by atoms with Crippen LogP contribution in [0, 0.1) is 0 Å². The van der Waals surface area contributed by atoms with Gasteiger partial charge in [0, 0.05) is 25.8 Å². The molecule has 0 unspecified atom stereocenters. The fourth-order valence-corrected chi connectivity index (χ4v) is 2.55. The van der Waals surface area contributed by atoms with Crippen molar-refractivity contribution in [2.45, 2.75) is 6.92 Å². The molecule has 0 aliphatic carbocycles. The Hall–Kier alpha value is -0.620. The van der Waals surface area contributed by atoms with Gasteiger partial charge in [0.2, 0.25) is 0 Å². The standard InChI is InChI=1S/C8H16N2O3S/c1-2-9-13-6-3-10-4-7-14(11,12)8-5-10/h2H,3-8H2,1H3/b9-2+. The van der Waals surface area contributed by atoms with E-state index in [0.29, 0.717) is 19.7 Å². The highest BCUT2D eigenvalue weighted by Crippen LogP contribution is 2.02. The largest absolute Gasteiger partial charge is 0.395 e. The molecule has 1 rings (SSSR count). The summed E-state index contributed by atoms with van der Waals surface area (Å²) in [5.74, 6) is 0.536. The first-order valence-electron chi connectivity index (χ1n) is 4.67. The molecule has 0 radical (unpaired) electrons. The van der Waals surface area contributed by atoms with E-state index < -0.39 is 9.84 Å². The van der Waals surface area contributed by atoms with E-state index in [9.17, 15) is 8.42 Å². The van der Waals surface area contributed by atoms with Crippen LogP contribution in [-0.2, 0) is 14.7 Å². The van der Waals surface area contributed by atoms with Gasteiger partial charge in [-0.2, -0.15) is 0 Å². The highest BCUT2D eigenvalue weighted by molar-refractivity contribution is 7.91. The van der Waals surface area contributed by atoms with Gasteiger partial charge in [0.05, 0.1) is 11.5 Å². The van der Waals surface area contributed by atoms with Crippen molar-refractivity contribution in [3.8, 4) is 0 Å². The number of hydrogen-bond acceptors (Lipinski definition) is 5. The molecule has 0 N–H and O–H groups in total. The van der Waals surface area contributed by atoms with Crippen molar-refractivity contribution < 1.29 is 13.3 Å². The summed E-state index contributed by atoms with van der Waals surface area (Å²) >= 11 is 0. The number of nitrogens with zero attached hydrogens (tertiary/aromatic N) is 2. The number of oxime groups is 1. The zero-order valence-electron chi connectivity index (χ0n) is 8.35. The van der Waals surface area contributed by atoms with E-state index in [1.165, 1.54) is 0 Å². The highest BCUT2D eigenvalue weighted by Gasteiger charge is 2.20. The fourth-order valence-electron chi connectivity index (χ4n) is 1.27. The van der Waals surface area contributed by atoms with Gasteiger partial charge < -0.3 is 4.84 Å². The zero-order chi connectivity index (χ0) is 10.4. The zero-order valence-corrected chi connectivity index (χ0v) is 9.16. The maximum Gasteiger partial charge on any atom is 0.152 e. The van der Waals surface area contributed by atoms with Crippen LogP contribution >= 0.6 is 0 Å². The quantitative estimate of drug-likeness (QED) is 0.372. The van der Waals surface area contributed by atoms with Gasteiger partial charge in [-0.25, -0.2) is 8.42 Å². The van der Waals surface area contributed by atoms with E-state index in [1.54, 1.807) is 13.1 Å². The Kier molecular flexibility index (Phi) is 4.34. The van der Waals surface area contributed by atoms with Crippen molar-refractivity contribution in [3.05, 3.63) is 0 Å². The Morgan fingerprint density at radius 3 is 2.64 bits per heavy atom. The average Bonchev–Trinajstić information content (AvgIpc) is 2.15. The predicted molar refractivity (Wildman–Crippen MR) is 55.2 cm³/mol. The minimum Gasteiger partial charge on any atom is -0.395 e. The molecule has 82 valence electrons. The summed E-state index contributed by atoms with van der Waals surface area (Å²) in [6.07, 6.45) is 1.58. The smallest absolute Gasteiger partial charge is 0.152 e. The molecule has 0 aromatic rings. The Bertz CT molecular complexity index is 273. The summed E-state index contributed by atoms with van der Waals surface area (Å²) in [6.45, 7) is 4.27. The van der Waals surface area contributed by atoms with Crippen molar-refractivity contribution in [3.63, 3.8) is 0 Å². The molecule has 5 nitrogen and oxygen atoms in total. The SMILES string of the molecule is C/C=N/OCCN1CCS(=O)(=O)CC1. The predicted octanol–water partition coefficient (Wildman–Crippen LogP) is -0.261. The van der Waals surface area contributed by atoms with Crippen LogP contribution in [-0.4, -0.2) is 57.3 Å². The Labute approximate surface area is 84.6 Å². The lowest BCUT2D eigenvalue weighted by Crippen LogP contribution is -2.41. The van der Waals surface area contributed by atoms with Gasteiger partial charge in [0.15, 0.2) is 9.84 Å². The lowest BCUT2D eigenvalue weighted by Gasteiger charge is -2.25. The molecule has 1 heterocycles. The third-order valence-electron chi connectivity index (χ3n) is 2.12. The lowest BCUT2D eigenvalue weighted by atomic mass is 10.5. The maximum atomic E-state index is 11.1. The van der Waals surface area contributed by atoms with E-state index in [0.717, 1.165) is 6.54 Å². The van der Waals surface area contributed by atoms with Gasteiger partial charge in [0.25, 0.3) is 0 Å². The molecule has 6 heteroatoms. The minimum atomic E-state index is -2.76. The molecule has 1 aliphatic heterocycles. The molecule has 0 saturated carbocycles. The summed E-state index contributed by atoms with van der Waals surface area (Å²) in [5.41, 5.74) is 0. The highest BCUT2D eigenvalue weighted by atomic mass is 32.2.